The molecule has 0 aromatic heterocycles. The van der Waals surface area contributed by atoms with E-state index < -0.39 is 0 Å². The third kappa shape index (κ3) is 4.20. The number of hydrogen-bond acceptors (Lipinski definition) is 3. The smallest absolute Gasteiger partial charge is 0.120 e. The molecular formula is C16H18BrClN2O. The number of halogens is 2. The van der Waals surface area contributed by atoms with Crippen molar-refractivity contribution in [2.24, 2.45) is 5.84 Å². The number of nitrogens with one attached hydrogen (secondary N) is 1. The van der Waals surface area contributed by atoms with Gasteiger partial charge in [0.15, 0.2) is 0 Å². The highest BCUT2D eigenvalue weighted by atomic mass is 79.9. The third-order valence-corrected chi connectivity index (χ3v) is 4.24. The molecule has 2 rings (SSSR count). The normalized spacial score (nSPS) is 12.5. The molecule has 21 heavy (non-hydrogen) atoms. The van der Waals surface area contributed by atoms with E-state index in [0.717, 1.165) is 21.3 Å². The number of hydrazine groups is 1. The minimum atomic E-state index is -0.147. The summed E-state index contributed by atoms with van der Waals surface area (Å²) in [6.45, 7) is 4.00. The Balaban J connectivity index is 2.34. The Morgan fingerprint density at radius 2 is 1.86 bits per heavy atom. The van der Waals surface area contributed by atoms with E-state index in [0.29, 0.717) is 5.02 Å². The van der Waals surface area contributed by atoms with Crippen LogP contribution in [0.2, 0.25) is 5.02 Å². The van der Waals surface area contributed by atoms with Crippen LogP contribution in [0, 0.1) is 0 Å². The first kappa shape index (κ1) is 16.3. The maximum Gasteiger partial charge on any atom is 0.120 e. The molecule has 0 amide bonds. The third-order valence-electron chi connectivity index (χ3n) is 3.01. The molecule has 1 unspecified atom stereocenters. The minimum absolute atomic E-state index is 0.131. The monoisotopic (exact) mass is 368 g/mol. The van der Waals surface area contributed by atoms with Gasteiger partial charge in [-0.15, -0.1) is 0 Å². The molecule has 112 valence electrons. The second-order valence-electron chi connectivity index (χ2n) is 5.01. The van der Waals surface area contributed by atoms with Gasteiger partial charge in [-0.2, -0.15) is 0 Å². The van der Waals surface area contributed by atoms with E-state index in [-0.39, 0.29) is 12.1 Å². The van der Waals surface area contributed by atoms with Crippen LogP contribution < -0.4 is 16.0 Å². The maximum absolute atomic E-state index is 6.16. The Labute approximate surface area is 138 Å². The van der Waals surface area contributed by atoms with Gasteiger partial charge in [0, 0.05) is 4.47 Å². The number of benzene rings is 2. The minimum Gasteiger partial charge on any atom is -0.491 e. The fraction of sp³-hybridized carbons (Fsp3) is 0.250. The van der Waals surface area contributed by atoms with Crippen molar-refractivity contribution in [1.82, 2.24) is 5.43 Å². The SMILES string of the molecule is CC(C)Oc1cccc(C(NN)c2ccc(Br)c(Cl)c2)c1. The Morgan fingerprint density at radius 1 is 1.14 bits per heavy atom. The van der Waals surface area contributed by atoms with Crippen LogP contribution in [-0.2, 0) is 0 Å². The molecule has 0 aliphatic heterocycles. The Hall–Kier alpha value is -1.07. The van der Waals surface area contributed by atoms with Crippen molar-refractivity contribution < 1.29 is 4.74 Å². The molecule has 0 aliphatic rings. The van der Waals surface area contributed by atoms with Gasteiger partial charge in [0.25, 0.3) is 0 Å². The first-order valence-corrected chi connectivity index (χ1v) is 7.86. The average Bonchev–Trinajstić information content (AvgIpc) is 2.43. The lowest BCUT2D eigenvalue weighted by Gasteiger charge is -2.19. The van der Waals surface area contributed by atoms with Crippen LogP contribution in [-0.4, -0.2) is 6.10 Å². The highest BCUT2D eigenvalue weighted by Crippen LogP contribution is 2.30. The van der Waals surface area contributed by atoms with E-state index in [1.165, 1.54) is 0 Å². The molecule has 0 bridgehead atoms. The van der Waals surface area contributed by atoms with E-state index in [2.05, 4.69) is 21.4 Å². The van der Waals surface area contributed by atoms with E-state index in [9.17, 15) is 0 Å². The van der Waals surface area contributed by atoms with Crippen molar-refractivity contribution in [1.29, 1.82) is 0 Å². The van der Waals surface area contributed by atoms with Crippen LogP contribution >= 0.6 is 27.5 Å². The molecule has 0 radical (unpaired) electrons. The molecule has 0 aliphatic carbocycles. The van der Waals surface area contributed by atoms with Crippen LogP contribution in [0.15, 0.2) is 46.9 Å². The van der Waals surface area contributed by atoms with Gasteiger partial charge >= 0.3 is 0 Å². The van der Waals surface area contributed by atoms with E-state index in [4.69, 9.17) is 22.2 Å². The molecule has 1 atom stereocenters. The van der Waals surface area contributed by atoms with Gasteiger partial charge in [0.1, 0.15) is 5.75 Å². The van der Waals surface area contributed by atoms with Gasteiger partial charge in [-0.05, 0) is 65.2 Å². The second kappa shape index (κ2) is 7.27. The van der Waals surface area contributed by atoms with Crippen molar-refractivity contribution in [3.63, 3.8) is 0 Å². The van der Waals surface area contributed by atoms with E-state index in [1.807, 2.05) is 56.3 Å². The summed E-state index contributed by atoms with van der Waals surface area (Å²) in [5, 5.41) is 0.655. The number of nitrogens with two attached hydrogens (primary N) is 1. The van der Waals surface area contributed by atoms with Gasteiger partial charge in [-0.25, -0.2) is 5.43 Å². The van der Waals surface area contributed by atoms with Crippen LogP contribution in [0.1, 0.15) is 31.0 Å². The fourth-order valence-electron chi connectivity index (χ4n) is 2.12. The summed E-state index contributed by atoms with van der Waals surface area (Å²) in [4.78, 5) is 0. The van der Waals surface area contributed by atoms with Gasteiger partial charge in [-0.1, -0.05) is 29.8 Å². The zero-order valence-electron chi connectivity index (χ0n) is 11.9. The first-order chi connectivity index (χ1) is 10.0. The molecule has 0 spiro atoms. The average molecular weight is 370 g/mol. The Morgan fingerprint density at radius 3 is 2.48 bits per heavy atom. The predicted molar refractivity (Wildman–Crippen MR) is 90.5 cm³/mol. The van der Waals surface area contributed by atoms with Gasteiger partial charge in [0.2, 0.25) is 0 Å². The lowest BCUT2D eigenvalue weighted by Crippen LogP contribution is -2.28. The molecular weight excluding hydrogens is 352 g/mol. The summed E-state index contributed by atoms with van der Waals surface area (Å²) in [6.07, 6.45) is 0.131. The van der Waals surface area contributed by atoms with Gasteiger partial charge < -0.3 is 4.74 Å². The molecule has 0 saturated carbocycles. The summed E-state index contributed by atoms with van der Waals surface area (Å²) >= 11 is 9.55. The van der Waals surface area contributed by atoms with E-state index in [1.54, 1.807) is 0 Å². The van der Waals surface area contributed by atoms with Crippen LogP contribution in [0.5, 0.6) is 5.75 Å². The van der Waals surface area contributed by atoms with Crippen molar-refractivity contribution in [3.8, 4) is 5.75 Å². The topological polar surface area (TPSA) is 47.3 Å². The number of hydrogen-bond donors (Lipinski definition) is 2. The lowest BCUT2D eigenvalue weighted by molar-refractivity contribution is 0.242. The molecule has 5 heteroatoms. The summed E-state index contributed by atoms with van der Waals surface area (Å²) in [5.41, 5.74) is 4.85. The quantitative estimate of drug-likeness (QED) is 0.605. The molecule has 2 aromatic carbocycles. The summed E-state index contributed by atoms with van der Waals surface area (Å²) in [7, 11) is 0. The van der Waals surface area contributed by atoms with Crippen molar-refractivity contribution in [3.05, 3.63) is 63.1 Å². The molecule has 2 aromatic rings. The van der Waals surface area contributed by atoms with E-state index >= 15 is 0 Å². The molecule has 3 nitrogen and oxygen atoms in total. The highest BCUT2D eigenvalue weighted by molar-refractivity contribution is 9.10. The van der Waals surface area contributed by atoms with Gasteiger partial charge in [0.05, 0.1) is 17.2 Å². The van der Waals surface area contributed by atoms with Crippen LogP contribution in [0.3, 0.4) is 0 Å². The summed E-state index contributed by atoms with van der Waals surface area (Å²) in [5.74, 6) is 6.56. The molecule has 3 N–H and O–H groups in total. The lowest BCUT2D eigenvalue weighted by atomic mass is 9.99. The predicted octanol–water partition coefficient (Wildman–Crippen LogP) is 4.44. The first-order valence-electron chi connectivity index (χ1n) is 6.69. The summed E-state index contributed by atoms with van der Waals surface area (Å²) < 4.78 is 6.59. The van der Waals surface area contributed by atoms with Crippen molar-refractivity contribution in [2.75, 3.05) is 0 Å². The van der Waals surface area contributed by atoms with Gasteiger partial charge in [-0.3, -0.25) is 5.84 Å². The highest BCUT2D eigenvalue weighted by Gasteiger charge is 2.14. The van der Waals surface area contributed by atoms with Crippen LogP contribution in [0.4, 0.5) is 0 Å². The number of rotatable bonds is 5. The zero-order valence-corrected chi connectivity index (χ0v) is 14.3. The van der Waals surface area contributed by atoms with Crippen molar-refractivity contribution >= 4 is 27.5 Å². The largest absolute Gasteiger partial charge is 0.491 e. The fourth-order valence-corrected chi connectivity index (χ4v) is 2.55. The Bertz CT molecular complexity index is 619. The van der Waals surface area contributed by atoms with Crippen LogP contribution in [0.25, 0.3) is 0 Å². The summed E-state index contributed by atoms with van der Waals surface area (Å²) in [6, 6.07) is 13.5. The standard InChI is InChI=1S/C16H18BrClN2O/c1-10(2)21-13-5-3-4-11(8-13)16(20-19)12-6-7-14(17)15(18)9-12/h3-10,16,20H,19H2,1-2H3. The van der Waals surface area contributed by atoms with Crippen molar-refractivity contribution in [2.45, 2.75) is 26.0 Å². The molecule has 0 saturated heterocycles. The Kier molecular flexibility index (Phi) is 5.65. The zero-order chi connectivity index (χ0) is 15.4. The molecule has 0 fully saturated rings. The maximum atomic E-state index is 6.16. The second-order valence-corrected chi connectivity index (χ2v) is 6.27. The molecule has 0 heterocycles. The number of ether oxygens (including phenoxy) is 1.